The van der Waals surface area contributed by atoms with Crippen LogP contribution in [0.3, 0.4) is 0 Å². The Morgan fingerprint density at radius 3 is 2.47 bits per heavy atom. The van der Waals surface area contributed by atoms with Gasteiger partial charge in [0.1, 0.15) is 0 Å². The van der Waals surface area contributed by atoms with E-state index < -0.39 is 10.0 Å². The molecular weight excluding hydrogens is 305 g/mol. The number of halogens is 2. The molecule has 108 valence electrons. The van der Waals surface area contributed by atoms with Gasteiger partial charge in [-0.3, -0.25) is 0 Å². The van der Waals surface area contributed by atoms with Gasteiger partial charge in [-0.15, -0.1) is 11.6 Å². The molecule has 0 heterocycles. The van der Waals surface area contributed by atoms with Crippen molar-refractivity contribution in [2.45, 2.75) is 37.0 Å². The standard InChI is InChI=1S/C13H19Cl2NO2S/c1-3-4-5-8-16(2)19(17,18)12-7-6-11(10-14)13(15)9-12/h6-7,9H,3-5,8,10H2,1-2H3. The highest BCUT2D eigenvalue weighted by Gasteiger charge is 2.21. The Labute approximate surface area is 125 Å². The summed E-state index contributed by atoms with van der Waals surface area (Å²) in [7, 11) is -1.87. The third-order valence-electron chi connectivity index (χ3n) is 2.95. The van der Waals surface area contributed by atoms with Crippen LogP contribution in [0.5, 0.6) is 0 Å². The first-order valence-electron chi connectivity index (χ1n) is 6.24. The molecular formula is C13H19Cl2NO2S. The van der Waals surface area contributed by atoms with Gasteiger partial charge in [0.2, 0.25) is 10.0 Å². The van der Waals surface area contributed by atoms with Crippen LogP contribution in [0.2, 0.25) is 5.02 Å². The lowest BCUT2D eigenvalue weighted by Crippen LogP contribution is -2.28. The molecule has 0 amide bonds. The Kier molecular flexibility index (Phi) is 6.60. The summed E-state index contributed by atoms with van der Waals surface area (Å²) in [6.45, 7) is 2.60. The third kappa shape index (κ3) is 4.35. The highest BCUT2D eigenvalue weighted by atomic mass is 35.5. The van der Waals surface area contributed by atoms with E-state index in [2.05, 4.69) is 6.92 Å². The fraction of sp³-hybridized carbons (Fsp3) is 0.538. The lowest BCUT2D eigenvalue weighted by Gasteiger charge is -2.17. The van der Waals surface area contributed by atoms with Crippen LogP contribution in [0, 0.1) is 0 Å². The minimum Gasteiger partial charge on any atom is -0.207 e. The molecule has 0 atom stereocenters. The summed E-state index contributed by atoms with van der Waals surface area (Å²) < 4.78 is 26.0. The Bertz CT molecular complexity index is 517. The SMILES string of the molecule is CCCCCN(C)S(=O)(=O)c1ccc(CCl)c(Cl)c1. The summed E-state index contributed by atoms with van der Waals surface area (Å²) in [6, 6.07) is 4.67. The zero-order valence-electron chi connectivity index (χ0n) is 11.2. The largest absolute Gasteiger partial charge is 0.242 e. The van der Waals surface area contributed by atoms with Crippen LogP contribution in [-0.2, 0) is 15.9 Å². The molecule has 1 aromatic rings. The van der Waals surface area contributed by atoms with Crippen LogP contribution in [-0.4, -0.2) is 26.3 Å². The molecule has 0 aliphatic heterocycles. The fourth-order valence-electron chi connectivity index (χ4n) is 1.68. The monoisotopic (exact) mass is 323 g/mol. The molecule has 1 aromatic carbocycles. The number of unbranched alkanes of at least 4 members (excludes halogenated alkanes) is 2. The van der Waals surface area contributed by atoms with Gasteiger partial charge in [-0.25, -0.2) is 12.7 Å². The van der Waals surface area contributed by atoms with Gasteiger partial charge < -0.3 is 0 Å². The first-order chi connectivity index (χ1) is 8.93. The Morgan fingerprint density at radius 1 is 1.26 bits per heavy atom. The number of benzene rings is 1. The second-order valence-corrected chi connectivity index (χ2v) is 7.14. The molecule has 0 bridgehead atoms. The average Bonchev–Trinajstić information content (AvgIpc) is 2.38. The van der Waals surface area contributed by atoms with Crippen molar-refractivity contribution in [2.75, 3.05) is 13.6 Å². The molecule has 1 rings (SSSR count). The summed E-state index contributed by atoms with van der Waals surface area (Å²) in [5.41, 5.74) is 0.732. The van der Waals surface area contributed by atoms with E-state index in [9.17, 15) is 8.42 Å². The first kappa shape index (κ1) is 16.8. The quantitative estimate of drug-likeness (QED) is 0.564. The van der Waals surface area contributed by atoms with Crippen LogP contribution in [0.15, 0.2) is 23.1 Å². The minimum atomic E-state index is -3.46. The highest BCUT2D eigenvalue weighted by Crippen LogP contribution is 2.24. The van der Waals surface area contributed by atoms with E-state index in [1.165, 1.54) is 10.4 Å². The molecule has 0 aliphatic rings. The average molecular weight is 324 g/mol. The van der Waals surface area contributed by atoms with Crippen molar-refractivity contribution in [1.82, 2.24) is 4.31 Å². The fourth-order valence-corrected chi connectivity index (χ4v) is 3.53. The summed E-state index contributed by atoms with van der Waals surface area (Å²) in [5, 5.41) is 0.387. The van der Waals surface area contributed by atoms with Crippen LogP contribution in [0.4, 0.5) is 0 Å². The maximum Gasteiger partial charge on any atom is 0.242 e. The Hall–Kier alpha value is -0.290. The number of sulfonamides is 1. The second-order valence-electron chi connectivity index (χ2n) is 4.42. The summed E-state index contributed by atoms with van der Waals surface area (Å²) in [5.74, 6) is 0.269. The summed E-state index contributed by atoms with van der Waals surface area (Å²) in [6.07, 6.45) is 2.94. The topological polar surface area (TPSA) is 37.4 Å². The van der Waals surface area contributed by atoms with Gasteiger partial charge in [-0.05, 0) is 24.1 Å². The van der Waals surface area contributed by atoms with Gasteiger partial charge in [0, 0.05) is 24.5 Å². The lowest BCUT2D eigenvalue weighted by molar-refractivity contribution is 0.454. The predicted octanol–water partition coefficient (Wildman–Crippen LogP) is 3.89. The highest BCUT2D eigenvalue weighted by molar-refractivity contribution is 7.89. The lowest BCUT2D eigenvalue weighted by atomic mass is 10.2. The molecule has 3 nitrogen and oxygen atoms in total. The van der Waals surface area contributed by atoms with E-state index in [0.717, 1.165) is 24.8 Å². The van der Waals surface area contributed by atoms with Crippen molar-refractivity contribution in [3.8, 4) is 0 Å². The van der Waals surface area contributed by atoms with Crippen molar-refractivity contribution in [3.63, 3.8) is 0 Å². The molecule has 0 aromatic heterocycles. The Morgan fingerprint density at radius 2 is 1.95 bits per heavy atom. The van der Waals surface area contributed by atoms with Crippen molar-refractivity contribution in [3.05, 3.63) is 28.8 Å². The number of rotatable bonds is 7. The molecule has 0 unspecified atom stereocenters. The molecule has 0 saturated carbocycles. The van der Waals surface area contributed by atoms with Gasteiger partial charge in [0.25, 0.3) is 0 Å². The number of hydrogen-bond donors (Lipinski definition) is 0. The molecule has 19 heavy (non-hydrogen) atoms. The van der Waals surface area contributed by atoms with Gasteiger partial charge >= 0.3 is 0 Å². The summed E-state index contributed by atoms with van der Waals surface area (Å²) >= 11 is 11.7. The molecule has 0 saturated heterocycles. The number of nitrogens with zero attached hydrogens (tertiary/aromatic N) is 1. The van der Waals surface area contributed by atoms with Crippen LogP contribution in [0.25, 0.3) is 0 Å². The smallest absolute Gasteiger partial charge is 0.207 e. The van der Waals surface area contributed by atoms with E-state index >= 15 is 0 Å². The van der Waals surface area contributed by atoms with Crippen LogP contribution >= 0.6 is 23.2 Å². The zero-order valence-corrected chi connectivity index (χ0v) is 13.5. The van der Waals surface area contributed by atoms with Gasteiger partial charge in [0.05, 0.1) is 4.90 Å². The van der Waals surface area contributed by atoms with Gasteiger partial charge in [-0.1, -0.05) is 37.4 Å². The van der Waals surface area contributed by atoms with E-state index in [1.54, 1.807) is 19.2 Å². The van der Waals surface area contributed by atoms with Crippen molar-refractivity contribution >= 4 is 33.2 Å². The zero-order chi connectivity index (χ0) is 14.5. The van der Waals surface area contributed by atoms with Crippen molar-refractivity contribution in [2.24, 2.45) is 0 Å². The predicted molar refractivity (Wildman–Crippen MR) is 80.3 cm³/mol. The first-order valence-corrected chi connectivity index (χ1v) is 8.59. The van der Waals surface area contributed by atoms with Gasteiger partial charge in [0.15, 0.2) is 0 Å². The number of alkyl halides is 1. The normalized spacial score (nSPS) is 12.1. The molecule has 0 radical (unpaired) electrons. The Balaban J connectivity index is 2.90. The van der Waals surface area contributed by atoms with E-state index in [1.807, 2.05) is 0 Å². The molecule has 0 aliphatic carbocycles. The van der Waals surface area contributed by atoms with Crippen molar-refractivity contribution < 1.29 is 8.42 Å². The maximum absolute atomic E-state index is 12.3. The van der Waals surface area contributed by atoms with E-state index in [-0.39, 0.29) is 10.8 Å². The van der Waals surface area contributed by atoms with Crippen LogP contribution < -0.4 is 0 Å². The minimum absolute atomic E-state index is 0.213. The van der Waals surface area contributed by atoms with Crippen LogP contribution in [0.1, 0.15) is 31.7 Å². The van der Waals surface area contributed by atoms with Crippen molar-refractivity contribution in [1.29, 1.82) is 0 Å². The molecule has 0 spiro atoms. The van der Waals surface area contributed by atoms with E-state index in [0.29, 0.717) is 11.6 Å². The molecule has 0 fully saturated rings. The maximum atomic E-state index is 12.3. The summed E-state index contributed by atoms with van der Waals surface area (Å²) in [4.78, 5) is 0.213. The molecule has 6 heteroatoms. The van der Waals surface area contributed by atoms with Gasteiger partial charge in [-0.2, -0.15) is 0 Å². The number of hydrogen-bond acceptors (Lipinski definition) is 2. The van der Waals surface area contributed by atoms with E-state index in [4.69, 9.17) is 23.2 Å². The second kappa shape index (κ2) is 7.48. The molecule has 0 N–H and O–H groups in total. The third-order valence-corrected chi connectivity index (χ3v) is 5.45.